The van der Waals surface area contributed by atoms with Crippen molar-refractivity contribution in [1.29, 1.82) is 0 Å². The highest BCUT2D eigenvalue weighted by Gasteiger charge is 2.12. The van der Waals surface area contributed by atoms with E-state index < -0.39 is 5.56 Å². The topological polar surface area (TPSA) is 83.5 Å². The van der Waals surface area contributed by atoms with Gasteiger partial charge in [0.05, 0.1) is 17.4 Å². The van der Waals surface area contributed by atoms with Gasteiger partial charge in [0.2, 0.25) is 0 Å². The van der Waals surface area contributed by atoms with Crippen molar-refractivity contribution >= 4 is 12.7 Å². The maximum atomic E-state index is 11.8. The van der Waals surface area contributed by atoms with Crippen LogP contribution in [0.5, 0.6) is 0 Å². The highest BCUT2D eigenvalue weighted by Crippen LogP contribution is 2.19. The summed E-state index contributed by atoms with van der Waals surface area (Å²) in [7, 11) is 0. The number of aromatic amines is 2. The average molecular weight is 274 g/mol. The van der Waals surface area contributed by atoms with Crippen molar-refractivity contribution in [3.8, 4) is 0 Å². The van der Waals surface area contributed by atoms with Gasteiger partial charge in [-0.05, 0) is 18.9 Å². The van der Waals surface area contributed by atoms with E-state index in [0.29, 0.717) is 5.69 Å². The van der Waals surface area contributed by atoms with E-state index in [9.17, 15) is 9.59 Å². The van der Waals surface area contributed by atoms with E-state index in [0.717, 1.165) is 12.2 Å². The molecule has 0 aliphatic heterocycles. The first kappa shape index (κ1) is 14.0. The molecule has 0 aromatic carbocycles. The third kappa shape index (κ3) is 2.49. The van der Waals surface area contributed by atoms with Gasteiger partial charge in [-0.2, -0.15) is 0 Å². The lowest BCUT2D eigenvalue weighted by atomic mass is 10.1. The van der Waals surface area contributed by atoms with Crippen molar-refractivity contribution in [2.24, 2.45) is 0 Å². The van der Waals surface area contributed by atoms with Crippen LogP contribution < -0.4 is 21.8 Å². The quantitative estimate of drug-likeness (QED) is 0.802. The molecule has 2 aromatic heterocycles. The summed E-state index contributed by atoms with van der Waals surface area (Å²) in [6.45, 7) is 10.4. The second-order valence-electron chi connectivity index (χ2n) is 4.90. The number of hydrogen-bond donors (Lipinski definition) is 2. The molecule has 0 bridgehead atoms. The van der Waals surface area contributed by atoms with Crippen LogP contribution in [0.4, 0.5) is 0 Å². The number of H-pyrrole nitrogens is 2. The fourth-order valence-electron chi connectivity index (χ4n) is 2.15. The molecule has 2 rings (SSSR count). The summed E-state index contributed by atoms with van der Waals surface area (Å²) in [6, 6.07) is 0. The maximum Gasteiger partial charge on any atom is 0.272 e. The Morgan fingerprint density at radius 2 is 2.05 bits per heavy atom. The van der Waals surface area contributed by atoms with Crippen LogP contribution in [0.15, 0.2) is 15.9 Å². The summed E-state index contributed by atoms with van der Waals surface area (Å²) in [5.74, 6) is 0.265. The third-order valence-electron chi connectivity index (χ3n) is 3.11. The summed E-state index contributed by atoms with van der Waals surface area (Å²) in [5, 5.41) is 0.237. The molecule has 2 heterocycles. The van der Waals surface area contributed by atoms with Gasteiger partial charge in [-0.15, -0.1) is 0 Å². The van der Waals surface area contributed by atoms with Gasteiger partial charge in [-0.1, -0.05) is 20.4 Å². The Kier molecular flexibility index (Phi) is 3.74. The molecule has 0 saturated carbocycles. The van der Waals surface area contributed by atoms with Crippen LogP contribution in [0, 0.1) is 0 Å². The lowest BCUT2D eigenvalue weighted by molar-refractivity contribution is 0.670. The van der Waals surface area contributed by atoms with Crippen LogP contribution in [0.25, 0.3) is 12.7 Å². The molecular weight excluding hydrogens is 256 g/mol. The molecule has 0 unspecified atom stereocenters. The first-order valence-corrected chi connectivity index (χ1v) is 6.52. The number of aryl methyl sites for hydroxylation is 1. The number of nitrogens with zero attached hydrogens (tertiary/aromatic N) is 2. The van der Waals surface area contributed by atoms with E-state index in [-0.39, 0.29) is 22.2 Å². The van der Waals surface area contributed by atoms with Gasteiger partial charge in [0.1, 0.15) is 5.35 Å². The van der Waals surface area contributed by atoms with Crippen LogP contribution in [0.2, 0.25) is 0 Å². The van der Waals surface area contributed by atoms with E-state index in [1.807, 2.05) is 11.5 Å². The summed E-state index contributed by atoms with van der Waals surface area (Å²) in [4.78, 5) is 32.6. The molecule has 0 aliphatic carbocycles. The highest BCUT2D eigenvalue weighted by atomic mass is 16.1. The second-order valence-corrected chi connectivity index (χ2v) is 4.90. The van der Waals surface area contributed by atoms with E-state index in [1.165, 1.54) is 0 Å². The molecule has 106 valence electrons. The smallest absolute Gasteiger partial charge is 0.272 e. The third-order valence-corrected chi connectivity index (χ3v) is 3.11. The second kappa shape index (κ2) is 5.32. The van der Waals surface area contributed by atoms with Crippen LogP contribution in [0.1, 0.15) is 38.1 Å². The van der Waals surface area contributed by atoms with Gasteiger partial charge < -0.3 is 14.5 Å². The molecule has 0 saturated heterocycles. The molecule has 6 heteroatoms. The Hall–Kier alpha value is -2.37. The lowest BCUT2D eigenvalue weighted by Crippen LogP contribution is -2.46. The zero-order valence-electron chi connectivity index (χ0n) is 11.9. The van der Waals surface area contributed by atoms with Crippen molar-refractivity contribution in [2.45, 2.75) is 33.2 Å². The normalized spacial score (nSPS) is 12.3. The Bertz CT molecular complexity index is 839. The zero-order valence-corrected chi connectivity index (χ0v) is 11.9. The molecule has 0 fully saturated rings. The molecule has 0 radical (unpaired) electrons. The predicted molar refractivity (Wildman–Crippen MR) is 78.0 cm³/mol. The van der Waals surface area contributed by atoms with Crippen LogP contribution >= 0.6 is 0 Å². The number of nitrogens with one attached hydrogen (secondary N) is 2. The van der Waals surface area contributed by atoms with Gasteiger partial charge in [-0.25, -0.2) is 4.98 Å². The summed E-state index contributed by atoms with van der Waals surface area (Å²) < 4.78 is 2.03. The van der Waals surface area contributed by atoms with Crippen molar-refractivity contribution in [3.63, 3.8) is 0 Å². The van der Waals surface area contributed by atoms with Gasteiger partial charge in [-0.3, -0.25) is 9.59 Å². The maximum absolute atomic E-state index is 11.8. The van der Waals surface area contributed by atoms with E-state index in [4.69, 9.17) is 0 Å². The minimum absolute atomic E-state index is 0.0512. The Morgan fingerprint density at radius 3 is 2.65 bits per heavy atom. The number of rotatable bonds is 3. The fourth-order valence-corrected chi connectivity index (χ4v) is 2.15. The molecule has 0 amide bonds. The minimum Gasteiger partial charge on any atom is -0.334 e. The fraction of sp³-hybridized carbons (Fsp3) is 0.357. The summed E-state index contributed by atoms with van der Waals surface area (Å²) in [6.07, 6.45) is 3.34. The standard InChI is InChI=1S/C14H18N4O2/c1-5-18-7-15-10(12(18)8(2)3)6-11-14(20)16-9(4)13(19)17-11/h6-8H,4-5H2,1-3H3,(H,16,20)(H,17,19). The van der Waals surface area contributed by atoms with Crippen LogP contribution in [0.3, 0.4) is 0 Å². The lowest BCUT2D eigenvalue weighted by Gasteiger charge is -2.09. The van der Waals surface area contributed by atoms with E-state index >= 15 is 0 Å². The molecule has 2 N–H and O–H groups in total. The Morgan fingerprint density at radius 1 is 1.35 bits per heavy atom. The van der Waals surface area contributed by atoms with Gasteiger partial charge in [0, 0.05) is 12.2 Å². The average Bonchev–Trinajstić information content (AvgIpc) is 2.79. The van der Waals surface area contributed by atoms with E-state index in [2.05, 4.69) is 35.4 Å². The van der Waals surface area contributed by atoms with Gasteiger partial charge >= 0.3 is 0 Å². The van der Waals surface area contributed by atoms with Crippen molar-refractivity contribution in [2.75, 3.05) is 0 Å². The minimum atomic E-state index is -0.406. The number of hydrogen-bond acceptors (Lipinski definition) is 3. The van der Waals surface area contributed by atoms with Crippen LogP contribution in [-0.4, -0.2) is 19.5 Å². The summed E-state index contributed by atoms with van der Waals surface area (Å²) in [5.41, 5.74) is 0.943. The Labute approximate surface area is 115 Å². The van der Waals surface area contributed by atoms with Crippen molar-refractivity contribution < 1.29 is 0 Å². The molecule has 0 aliphatic rings. The molecule has 0 spiro atoms. The van der Waals surface area contributed by atoms with Crippen molar-refractivity contribution in [3.05, 3.63) is 49.1 Å². The molecule has 20 heavy (non-hydrogen) atoms. The first-order chi connectivity index (χ1) is 9.43. The monoisotopic (exact) mass is 274 g/mol. The highest BCUT2D eigenvalue weighted by molar-refractivity contribution is 5.47. The first-order valence-electron chi connectivity index (χ1n) is 6.52. The number of aromatic nitrogens is 4. The SMILES string of the molecule is C=c1[nH]c(=O)c(=Cc2ncn(CC)c2C(C)C)[nH]c1=O. The van der Waals surface area contributed by atoms with Gasteiger partial charge in [0.15, 0.2) is 0 Å². The zero-order chi connectivity index (χ0) is 14.9. The predicted octanol–water partition coefficient (Wildman–Crippen LogP) is -0.358. The summed E-state index contributed by atoms with van der Waals surface area (Å²) >= 11 is 0. The molecule has 0 atom stereocenters. The Balaban J connectivity index is 2.71. The molecular formula is C14H18N4O2. The number of imidazole rings is 1. The molecule has 6 nitrogen and oxygen atoms in total. The van der Waals surface area contributed by atoms with E-state index in [1.54, 1.807) is 12.4 Å². The van der Waals surface area contributed by atoms with Crippen molar-refractivity contribution in [1.82, 2.24) is 19.5 Å². The van der Waals surface area contributed by atoms with Gasteiger partial charge in [0.25, 0.3) is 11.1 Å². The largest absolute Gasteiger partial charge is 0.334 e. The molecule has 2 aromatic rings. The van der Waals surface area contributed by atoms with Crippen LogP contribution in [-0.2, 0) is 6.54 Å².